The van der Waals surface area contributed by atoms with Crippen molar-refractivity contribution in [2.24, 2.45) is 5.92 Å². The van der Waals surface area contributed by atoms with Gasteiger partial charge in [-0.1, -0.05) is 37.6 Å². The number of nitrogens with one attached hydrogen (secondary N) is 4. The number of ketones is 2. The van der Waals surface area contributed by atoms with Crippen LogP contribution in [0.15, 0.2) is 35.5 Å². The molecule has 0 saturated heterocycles. The summed E-state index contributed by atoms with van der Waals surface area (Å²) in [5.74, 6) is 0.123. The smallest absolute Gasteiger partial charge is 0.314 e. The monoisotopic (exact) mass is 528 g/mol. The number of urea groups is 1. The predicted octanol–water partition coefficient (Wildman–Crippen LogP) is 3.63. The third-order valence-corrected chi connectivity index (χ3v) is 6.78. The summed E-state index contributed by atoms with van der Waals surface area (Å²) in [5, 5.41) is 11.5. The molecule has 1 aliphatic rings. The molecule has 1 aromatic carbocycles. The molecule has 1 atom stereocenters. The van der Waals surface area contributed by atoms with Gasteiger partial charge in [0.2, 0.25) is 5.91 Å². The van der Waals surface area contributed by atoms with E-state index < -0.39 is 0 Å². The highest BCUT2D eigenvalue weighted by molar-refractivity contribution is 6.09. The Morgan fingerprint density at radius 1 is 0.921 bits per heavy atom. The van der Waals surface area contributed by atoms with E-state index in [0.717, 1.165) is 61.8 Å². The zero-order valence-electron chi connectivity index (χ0n) is 23.1. The SMILES string of the molecule is CNC1=C(C(=O)c2ccc(CNC(=O)COCCCNC(=O)NCCCCC(C)C(C)=O)cc2)CCCC1. The van der Waals surface area contributed by atoms with Crippen molar-refractivity contribution < 1.29 is 23.9 Å². The van der Waals surface area contributed by atoms with Crippen LogP contribution in [-0.2, 0) is 20.9 Å². The number of amides is 3. The highest BCUT2D eigenvalue weighted by Gasteiger charge is 2.19. The van der Waals surface area contributed by atoms with E-state index in [0.29, 0.717) is 38.2 Å². The van der Waals surface area contributed by atoms with Gasteiger partial charge in [-0.05, 0) is 57.4 Å². The van der Waals surface area contributed by atoms with Crippen molar-refractivity contribution in [3.63, 3.8) is 0 Å². The maximum atomic E-state index is 12.9. The lowest BCUT2D eigenvalue weighted by Crippen LogP contribution is -2.37. The van der Waals surface area contributed by atoms with Crippen molar-refractivity contribution in [2.75, 3.05) is 33.4 Å². The van der Waals surface area contributed by atoms with Crippen molar-refractivity contribution in [3.8, 4) is 0 Å². The molecule has 9 heteroatoms. The zero-order chi connectivity index (χ0) is 27.8. The lowest BCUT2D eigenvalue weighted by atomic mass is 9.90. The standard InChI is InChI=1S/C29H44N4O5/c1-21(22(2)34)9-6-7-16-31-29(37)32-17-8-18-38-20-27(35)33-19-23-12-14-24(15-13-23)28(36)25-10-4-5-11-26(25)30-3/h12-15,21,30H,4-11,16-20H2,1-3H3,(H,33,35)(H2,31,32,37). The van der Waals surface area contributed by atoms with Gasteiger partial charge in [-0.3, -0.25) is 14.4 Å². The van der Waals surface area contributed by atoms with Crippen LogP contribution in [0.25, 0.3) is 0 Å². The van der Waals surface area contributed by atoms with Crippen LogP contribution in [0.2, 0.25) is 0 Å². The van der Waals surface area contributed by atoms with E-state index in [-0.39, 0.29) is 36.0 Å². The first kappa shape index (κ1) is 31.0. The van der Waals surface area contributed by atoms with E-state index in [9.17, 15) is 19.2 Å². The topological polar surface area (TPSA) is 126 Å². The second kappa shape index (κ2) is 17.3. The average molecular weight is 529 g/mol. The van der Waals surface area contributed by atoms with Gasteiger partial charge in [0.25, 0.3) is 0 Å². The maximum absolute atomic E-state index is 12.9. The molecule has 210 valence electrons. The van der Waals surface area contributed by atoms with Crippen LogP contribution in [0.1, 0.15) is 81.1 Å². The molecular formula is C29H44N4O5. The van der Waals surface area contributed by atoms with Gasteiger partial charge in [0, 0.05) is 56.0 Å². The number of allylic oxidation sites excluding steroid dienone is 2. The van der Waals surface area contributed by atoms with Gasteiger partial charge in [-0.25, -0.2) is 4.79 Å². The number of hydrogen-bond acceptors (Lipinski definition) is 6. The molecule has 2 rings (SSSR count). The van der Waals surface area contributed by atoms with Crippen LogP contribution in [0, 0.1) is 5.92 Å². The third kappa shape index (κ3) is 11.5. The van der Waals surface area contributed by atoms with Crippen molar-refractivity contribution in [1.82, 2.24) is 21.3 Å². The number of benzene rings is 1. The molecule has 0 heterocycles. The molecular weight excluding hydrogens is 484 g/mol. The zero-order valence-corrected chi connectivity index (χ0v) is 23.1. The minimum absolute atomic E-state index is 0.0532. The van der Waals surface area contributed by atoms with Gasteiger partial charge >= 0.3 is 6.03 Å². The first-order chi connectivity index (χ1) is 18.3. The van der Waals surface area contributed by atoms with Gasteiger partial charge in [0.05, 0.1) is 0 Å². The second-order valence-corrected chi connectivity index (χ2v) is 9.81. The summed E-state index contributed by atoms with van der Waals surface area (Å²) >= 11 is 0. The normalized spacial score (nSPS) is 14.0. The molecule has 9 nitrogen and oxygen atoms in total. The number of hydrogen-bond donors (Lipinski definition) is 4. The van der Waals surface area contributed by atoms with Crippen LogP contribution >= 0.6 is 0 Å². The summed E-state index contributed by atoms with van der Waals surface area (Å²) in [5.41, 5.74) is 3.49. The minimum Gasteiger partial charge on any atom is -0.391 e. The highest BCUT2D eigenvalue weighted by atomic mass is 16.5. The first-order valence-electron chi connectivity index (χ1n) is 13.7. The van der Waals surface area contributed by atoms with E-state index in [1.54, 1.807) is 6.92 Å². The number of carbonyl (C=O) groups is 4. The molecule has 0 bridgehead atoms. The Balaban J connectivity index is 1.53. The summed E-state index contributed by atoms with van der Waals surface area (Å²) in [6, 6.07) is 7.12. The van der Waals surface area contributed by atoms with Crippen LogP contribution < -0.4 is 21.3 Å². The van der Waals surface area contributed by atoms with Crippen LogP contribution in [0.3, 0.4) is 0 Å². The number of Topliss-reactive ketones (excluding diaryl/α,β-unsaturated/α-hetero) is 2. The van der Waals surface area contributed by atoms with Gasteiger partial charge < -0.3 is 26.0 Å². The van der Waals surface area contributed by atoms with Crippen LogP contribution in [-0.4, -0.2) is 56.9 Å². The fraction of sp³-hybridized carbons (Fsp3) is 0.586. The highest BCUT2D eigenvalue weighted by Crippen LogP contribution is 2.26. The quantitative estimate of drug-likeness (QED) is 0.181. The molecule has 0 aromatic heterocycles. The van der Waals surface area contributed by atoms with Crippen molar-refractivity contribution in [2.45, 2.75) is 71.8 Å². The Kier molecular flexibility index (Phi) is 14.2. The molecule has 4 N–H and O–H groups in total. The summed E-state index contributed by atoms with van der Waals surface area (Å²) in [6.45, 7) is 5.21. The Morgan fingerprint density at radius 2 is 1.61 bits per heavy atom. The largest absolute Gasteiger partial charge is 0.391 e. The number of rotatable bonds is 17. The van der Waals surface area contributed by atoms with E-state index >= 15 is 0 Å². The third-order valence-electron chi connectivity index (χ3n) is 6.78. The molecule has 0 saturated carbocycles. The molecule has 1 aromatic rings. The molecule has 38 heavy (non-hydrogen) atoms. The van der Waals surface area contributed by atoms with Gasteiger partial charge in [-0.2, -0.15) is 0 Å². The molecule has 0 spiro atoms. The van der Waals surface area contributed by atoms with E-state index in [1.165, 1.54) is 0 Å². The average Bonchev–Trinajstić information content (AvgIpc) is 2.93. The van der Waals surface area contributed by atoms with Crippen molar-refractivity contribution >= 4 is 23.5 Å². The number of carbonyl (C=O) groups excluding carboxylic acids is 4. The summed E-state index contributed by atoms with van der Waals surface area (Å²) in [6.07, 6.45) is 7.03. The van der Waals surface area contributed by atoms with Crippen molar-refractivity contribution in [3.05, 3.63) is 46.7 Å². The Labute approximate surface area is 226 Å². The summed E-state index contributed by atoms with van der Waals surface area (Å²) < 4.78 is 5.39. The van der Waals surface area contributed by atoms with Crippen LogP contribution in [0.5, 0.6) is 0 Å². The number of ether oxygens (including phenoxy) is 1. The van der Waals surface area contributed by atoms with Crippen molar-refractivity contribution in [1.29, 1.82) is 0 Å². The molecule has 1 unspecified atom stereocenters. The lowest BCUT2D eigenvalue weighted by Gasteiger charge is -2.19. The molecule has 0 radical (unpaired) electrons. The first-order valence-corrected chi connectivity index (χ1v) is 13.7. The molecule has 0 fully saturated rings. The second-order valence-electron chi connectivity index (χ2n) is 9.81. The van der Waals surface area contributed by atoms with Crippen LogP contribution in [0.4, 0.5) is 4.79 Å². The fourth-order valence-corrected chi connectivity index (χ4v) is 4.22. The fourth-order valence-electron chi connectivity index (χ4n) is 4.22. The summed E-state index contributed by atoms with van der Waals surface area (Å²) in [4.78, 5) is 47.9. The summed E-state index contributed by atoms with van der Waals surface area (Å²) in [7, 11) is 1.86. The Morgan fingerprint density at radius 3 is 2.29 bits per heavy atom. The molecule has 3 amide bonds. The van der Waals surface area contributed by atoms with Gasteiger partial charge in [0.1, 0.15) is 12.4 Å². The predicted molar refractivity (Wildman–Crippen MR) is 148 cm³/mol. The minimum atomic E-state index is -0.229. The molecule has 0 aliphatic heterocycles. The Hall–Kier alpha value is -3.20. The van der Waals surface area contributed by atoms with E-state index in [1.807, 2.05) is 38.2 Å². The number of unbranched alkanes of at least 4 members (excludes halogenated alkanes) is 1. The van der Waals surface area contributed by atoms with Gasteiger partial charge in [-0.15, -0.1) is 0 Å². The maximum Gasteiger partial charge on any atom is 0.314 e. The lowest BCUT2D eigenvalue weighted by molar-refractivity contribution is -0.126. The molecule has 1 aliphatic carbocycles. The van der Waals surface area contributed by atoms with E-state index in [4.69, 9.17) is 4.74 Å². The van der Waals surface area contributed by atoms with E-state index in [2.05, 4.69) is 21.3 Å². The Bertz CT molecular complexity index is 958. The van der Waals surface area contributed by atoms with Gasteiger partial charge in [0.15, 0.2) is 5.78 Å².